The third kappa shape index (κ3) is 3.89. The van der Waals surface area contributed by atoms with Gasteiger partial charge >= 0.3 is 5.63 Å². The summed E-state index contributed by atoms with van der Waals surface area (Å²) in [5, 5.41) is 12.8. The number of hydrogen-bond acceptors (Lipinski definition) is 5. The van der Waals surface area contributed by atoms with Crippen molar-refractivity contribution in [1.82, 2.24) is 4.90 Å². The van der Waals surface area contributed by atoms with Crippen molar-refractivity contribution >= 4 is 27.8 Å². The molecule has 1 N–H and O–H groups in total. The molecular weight excluding hydrogens is 466 g/mol. The highest BCUT2D eigenvalue weighted by molar-refractivity contribution is 6.06. The molecule has 0 unspecified atom stereocenters. The Labute approximate surface area is 215 Å². The van der Waals surface area contributed by atoms with Crippen molar-refractivity contribution in [2.45, 2.75) is 64.9 Å². The Balaban J connectivity index is 1.39. The molecule has 0 spiro atoms. The van der Waals surface area contributed by atoms with Crippen molar-refractivity contribution in [2.75, 3.05) is 13.1 Å². The molecule has 2 aromatic heterocycles. The molecule has 1 saturated heterocycles. The Hall–Kier alpha value is -3.38. The average molecular weight is 500 g/mol. The second-order valence-electron chi connectivity index (χ2n) is 11.0. The molecule has 0 bridgehead atoms. The Bertz CT molecular complexity index is 1580. The Kier molecular flexibility index (Phi) is 5.75. The fraction of sp³-hybridized carbons (Fsp3) is 0.419. The maximum atomic E-state index is 13.4. The van der Waals surface area contributed by atoms with Gasteiger partial charge in [-0.2, -0.15) is 0 Å². The largest absolute Gasteiger partial charge is 0.460 e. The van der Waals surface area contributed by atoms with E-state index in [1.165, 1.54) is 0 Å². The van der Waals surface area contributed by atoms with Gasteiger partial charge in [-0.05, 0) is 57.2 Å². The van der Waals surface area contributed by atoms with Gasteiger partial charge in [-0.25, -0.2) is 4.79 Å². The molecule has 1 saturated carbocycles. The molecule has 2 atom stereocenters. The number of benzene rings is 2. The molecule has 6 rings (SSSR count). The van der Waals surface area contributed by atoms with Gasteiger partial charge in [-0.1, -0.05) is 43.2 Å². The molecule has 1 aliphatic carbocycles. The lowest BCUT2D eigenvalue weighted by atomic mass is 9.71. The van der Waals surface area contributed by atoms with E-state index in [4.69, 9.17) is 8.83 Å². The smallest absolute Gasteiger partial charge is 0.340 e. The number of hydrogen-bond donors (Lipinski definition) is 1. The van der Waals surface area contributed by atoms with Gasteiger partial charge in [0.15, 0.2) is 0 Å². The zero-order valence-corrected chi connectivity index (χ0v) is 21.7. The van der Waals surface area contributed by atoms with Crippen molar-refractivity contribution in [3.8, 4) is 11.1 Å². The number of rotatable bonds is 3. The van der Waals surface area contributed by atoms with Crippen LogP contribution in [0, 0.1) is 26.7 Å². The van der Waals surface area contributed by atoms with E-state index in [9.17, 15) is 14.7 Å². The summed E-state index contributed by atoms with van der Waals surface area (Å²) < 4.78 is 12.0. The third-order valence-corrected chi connectivity index (χ3v) is 8.80. The molecule has 0 radical (unpaired) electrons. The molecule has 6 heteroatoms. The number of amides is 1. The lowest BCUT2D eigenvalue weighted by Crippen LogP contribution is -2.55. The molecule has 192 valence electrons. The van der Waals surface area contributed by atoms with Crippen molar-refractivity contribution in [1.29, 1.82) is 0 Å². The van der Waals surface area contributed by atoms with Crippen LogP contribution in [0.2, 0.25) is 0 Å². The van der Waals surface area contributed by atoms with E-state index >= 15 is 0 Å². The first kappa shape index (κ1) is 24.0. The number of carbonyl (C=O) groups excluding carboxylic acids is 1. The number of likely N-dealkylation sites (tertiary alicyclic amines) is 1. The first-order valence-electron chi connectivity index (χ1n) is 13.3. The molecule has 3 heterocycles. The zero-order chi connectivity index (χ0) is 25.9. The number of furan rings is 1. The number of piperidine rings is 1. The second kappa shape index (κ2) is 8.88. The van der Waals surface area contributed by atoms with E-state index in [-0.39, 0.29) is 18.2 Å². The molecule has 37 heavy (non-hydrogen) atoms. The monoisotopic (exact) mass is 499 g/mol. The molecule has 1 amide bonds. The van der Waals surface area contributed by atoms with Crippen LogP contribution in [0.1, 0.15) is 54.6 Å². The van der Waals surface area contributed by atoms with Crippen LogP contribution < -0.4 is 5.63 Å². The fourth-order valence-electron chi connectivity index (χ4n) is 6.60. The van der Waals surface area contributed by atoms with Crippen LogP contribution in [-0.4, -0.2) is 34.6 Å². The van der Waals surface area contributed by atoms with Crippen LogP contribution in [-0.2, 0) is 11.2 Å². The van der Waals surface area contributed by atoms with Crippen LogP contribution in [0.15, 0.2) is 50.0 Å². The van der Waals surface area contributed by atoms with Crippen LogP contribution >= 0.6 is 0 Å². The molecule has 2 aromatic carbocycles. The SMILES string of the molecule is Cc1oc2c(C)c3oc(=O)c(CC(=O)N4CC[C@@]5(O)CCCC[C@H]5C4)c(C)c3cc2c1-c1ccccc1. The minimum atomic E-state index is -0.644. The predicted octanol–water partition coefficient (Wildman–Crippen LogP) is 5.83. The fourth-order valence-corrected chi connectivity index (χ4v) is 6.60. The Morgan fingerprint density at radius 1 is 1.03 bits per heavy atom. The molecule has 4 aromatic rings. The van der Waals surface area contributed by atoms with Gasteiger partial charge in [0.05, 0.1) is 17.6 Å². The summed E-state index contributed by atoms with van der Waals surface area (Å²) in [7, 11) is 0. The summed E-state index contributed by atoms with van der Waals surface area (Å²) in [6.45, 7) is 6.85. The van der Waals surface area contributed by atoms with Gasteiger partial charge < -0.3 is 18.8 Å². The minimum absolute atomic E-state index is 0.00228. The molecular formula is C31H33NO5. The number of aliphatic hydroxyl groups is 1. The van der Waals surface area contributed by atoms with Gasteiger partial charge in [0, 0.05) is 40.9 Å². The number of aryl methyl sites for hydroxylation is 3. The van der Waals surface area contributed by atoms with Crippen molar-refractivity contribution in [3.63, 3.8) is 0 Å². The van der Waals surface area contributed by atoms with Crippen molar-refractivity contribution < 1.29 is 18.7 Å². The lowest BCUT2D eigenvalue weighted by molar-refractivity contribution is -0.142. The van der Waals surface area contributed by atoms with E-state index in [1.807, 2.05) is 49.9 Å². The van der Waals surface area contributed by atoms with E-state index in [0.29, 0.717) is 36.2 Å². The summed E-state index contributed by atoms with van der Waals surface area (Å²) in [4.78, 5) is 28.3. The topological polar surface area (TPSA) is 83.9 Å². The lowest BCUT2D eigenvalue weighted by Gasteiger charge is -2.47. The first-order chi connectivity index (χ1) is 17.8. The highest BCUT2D eigenvalue weighted by Crippen LogP contribution is 2.41. The van der Waals surface area contributed by atoms with E-state index in [2.05, 4.69) is 12.1 Å². The van der Waals surface area contributed by atoms with Crippen LogP contribution in [0.3, 0.4) is 0 Å². The van der Waals surface area contributed by atoms with Crippen molar-refractivity contribution in [2.24, 2.45) is 5.92 Å². The van der Waals surface area contributed by atoms with Crippen LogP contribution in [0.5, 0.6) is 0 Å². The standard InChI is InChI=1S/C31H33NO5/c1-18-23-15-25-27(21-9-5-4-6-10-21)20(3)36-29(25)19(2)28(23)37-30(34)24(18)16-26(33)32-14-13-31(35)12-8-7-11-22(31)17-32/h4-6,9-10,15,22,35H,7-8,11-14,16-17H2,1-3H3/t22-,31-/m0/s1. The molecule has 2 aliphatic rings. The molecule has 2 fully saturated rings. The van der Waals surface area contributed by atoms with Gasteiger partial charge in [0.1, 0.15) is 16.9 Å². The number of carbonyl (C=O) groups is 1. The quantitative estimate of drug-likeness (QED) is 0.359. The maximum Gasteiger partial charge on any atom is 0.340 e. The average Bonchev–Trinajstić information content (AvgIpc) is 3.23. The second-order valence-corrected chi connectivity index (χ2v) is 11.0. The highest BCUT2D eigenvalue weighted by atomic mass is 16.4. The van der Waals surface area contributed by atoms with Crippen LogP contribution in [0.4, 0.5) is 0 Å². The summed E-state index contributed by atoms with van der Waals surface area (Å²) in [6.07, 6.45) is 4.51. The first-order valence-corrected chi connectivity index (χ1v) is 13.3. The van der Waals surface area contributed by atoms with E-state index in [0.717, 1.165) is 64.5 Å². The summed E-state index contributed by atoms with van der Waals surface area (Å²) >= 11 is 0. The van der Waals surface area contributed by atoms with Gasteiger partial charge in [-0.3, -0.25) is 4.79 Å². The summed E-state index contributed by atoms with van der Waals surface area (Å²) in [5.74, 6) is 0.844. The number of fused-ring (bicyclic) bond motifs is 3. The maximum absolute atomic E-state index is 13.4. The Morgan fingerprint density at radius 3 is 2.57 bits per heavy atom. The minimum Gasteiger partial charge on any atom is -0.460 e. The predicted molar refractivity (Wildman–Crippen MR) is 144 cm³/mol. The van der Waals surface area contributed by atoms with Crippen molar-refractivity contribution in [3.05, 3.63) is 69.3 Å². The van der Waals surface area contributed by atoms with E-state index < -0.39 is 11.2 Å². The highest BCUT2D eigenvalue weighted by Gasteiger charge is 2.43. The summed E-state index contributed by atoms with van der Waals surface area (Å²) in [6, 6.07) is 12.1. The molecule has 6 nitrogen and oxygen atoms in total. The van der Waals surface area contributed by atoms with Gasteiger partial charge in [0.2, 0.25) is 5.91 Å². The third-order valence-electron chi connectivity index (χ3n) is 8.80. The van der Waals surface area contributed by atoms with Gasteiger partial charge in [0.25, 0.3) is 0 Å². The summed E-state index contributed by atoms with van der Waals surface area (Å²) in [5.41, 5.74) is 4.15. The molecule has 1 aliphatic heterocycles. The number of nitrogens with zero attached hydrogens (tertiary/aromatic N) is 1. The van der Waals surface area contributed by atoms with E-state index in [1.54, 1.807) is 0 Å². The van der Waals surface area contributed by atoms with Gasteiger partial charge in [-0.15, -0.1) is 0 Å². The normalized spacial score (nSPS) is 21.9. The Morgan fingerprint density at radius 2 is 1.78 bits per heavy atom. The van der Waals surface area contributed by atoms with Crippen LogP contribution in [0.25, 0.3) is 33.1 Å². The zero-order valence-electron chi connectivity index (χ0n) is 21.7.